The minimum absolute atomic E-state index is 0.205. The molecule has 1 aromatic rings. The Morgan fingerprint density at radius 2 is 1.67 bits per heavy atom. The van der Waals surface area contributed by atoms with Gasteiger partial charge in [0.2, 0.25) is 0 Å². The second-order valence-corrected chi connectivity index (χ2v) is 5.61. The number of nitrogens with one attached hydrogen (secondary N) is 1. The van der Waals surface area contributed by atoms with Gasteiger partial charge in [-0.2, -0.15) is 0 Å². The average molecular weight is 249 g/mol. The molecule has 0 aliphatic heterocycles. The Balaban J connectivity index is 2.59. The molecular weight excluding hydrogens is 222 g/mol. The molecule has 2 heteroatoms. The Kier molecular flexibility index (Phi) is 5.83. The van der Waals surface area contributed by atoms with Crippen molar-refractivity contribution in [3.05, 3.63) is 34.4 Å². The minimum atomic E-state index is 0.205. The molecule has 0 bridgehead atoms. The van der Waals surface area contributed by atoms with Crippen molar-refractivity contribution < 1.29 is 5.11 Å². The maximum absolute atomic E-state index is 9.28. The van der Waals surface area contributed by atoms with Gasteiger partial charge in [0.15, 0.2) is 0 Å². The van der Waals surface area contributed by atoms with Crippen molar-refractivity contribution >= 4 is 0 Å². The van der Waals surface area contributed by atoms with Gasteiger partial charge in [0.05, 0.1) is 6.61 Å². The van der Waals surface area contributed by atoms with Crippen molar-refractivity contribution in [3.8, 4) is 0 Å². The van der Waals surface area contributed by atoms with E-state index in [2.05, 4.69) is 52.1 Å². The van der Waals surface area contributed by atoms with Crippen LogP contribution in [0, 0.1) is 26.7 Å². The Hall–Kier alpha value is -0.860. The first-order chi connectivity index (χ1) is 8.45. The van der Waals surface area contributed by atoms with Gasteiger partial charge < -0.3 is 10.4 Å². The summed E-state index contributed by atoms with van der Waals surface area (Å²) in [5.41, 5.74) is 5.52. The van der Waals surface area contributed by atoms with E-state index in [9.17, 15) is 5.11 Å². The summed E-state index contributed by atoms with van der Waals surface area (Å²) in [5, 5.41) is 12.7. The van der Waals surface area contributed by atoms with Crippen LogP contribution in [-0.4, -0.2) is 24.3 Å². The molecule has 0 aliphatic carbocycles. The lowest BCUT2D eigenvalue weighted by atomic mass is 9.97. The first-order valence-corrected chi connectivity index (χ1v) is 6.86. The molecule has 102 valence electrons. The maximum Gasteiger partial charge on any atom is 0.0587 e. The fourth-order valence-corrected chi connectivity index (χ4v) is 2.50. The maximum atomic E-state index is 9.28. The highest BCUT2D eigenvalue weighted by molar-refractivity contribution is 5.37. The molecule has 0 radical (unpaired) electrons. The van der Waals surface area contributed by atoms with Crippen molar-refractivity contribution in [2.75, 3.05) is 13.2 Å². The van der Waals surface area contributed by atoms with Gasteiger partial charge in [0, 0.05) is 6.04 Å². The van der Waals surface area contributed by atoms with Crippen LogP contribution in [0.1, 0.15) is 36.1 Å². The van der Waals surface area contributed by atoms with Gasteiger partial charge in [-0.3, -0.25) is 0 Å². The van der Waals surface area contributed by atoms with Crippen LogP contribution in [0.2, 0.25) is 0 Å². The summed E-state index contributed by atoms with van der Waals surface area (Å²) in [6.45, 7) is 11.9. The molecule has 18 heavy (non-hydrogen) atoms. The van der Waals surface area contributed by atoms with E-state index in [1.54, 1.807) is 0 Å². The zero-order valence-corrected chi connectivity index (χ0v) is 12.4. The van der Waals surface area contributed by atoms with Crippen LogP contribution >= 0.6 is 0 Å². The zero-order valence-electron chi connectivity index (χ0n) is 12.4. The summed E-state index contributed by atoms with van der Waals surface area (Å²) in [4.78, 5) is 0. The molecule has 0 amide bonds. The van der Waals surface area contributed by atoms with Crippen LogP contribution in [0.3, 0.4) is 0 Å². The van der Waals surface area contributed by atoms with Gasteiger partial charge in [-0.15, -0.1) is 0 Å². The van der Waals surface area contributed by atoms with E-state index >= 15 is 0 Å². The predicted molar refractivity (Wildman–Crippen MR) is 78.1 cm³/mol. The van der Waals surface area contributed by atoms with E-state index in [1.165, 1.54) is 22.3 Å². The molecule has 0 heterocycles. The number of benzene rings is 1. The van der Waals surface area contributed by atoms with E-state index in [1.807, 2.05) is 0 Å². The van der Waals surface area contributed by atoms with Crippen LogP contribution in [0.4, 0.5) is 0 Å². The van der Waals surface area contributed by atoms with Crippen molar-refractivity contribution in [3.63, 3.8) is 0 Å². The lowest BCUT2D eigenvalue weighted by Gasteiger charge is -2.20. The molecular formula is C16H27NO. The fourth-order valence-electron chi connectivity index (χ4n) is 2.50. The Labute approximate surface area is 111 Å². The molecule has 0 fully saturated rings. The Morgan fingerprint density at radius 3 is 2.11 bits per heavy atom. The van der Waals surface area contributed by atoms with E-state index in [0.717, 1.165) is 13.0 Å². The second kappa shape index (κ2) is 6.91. The molecule has 0 spiro atoms. The van der Waals surface area contributed by atoms with Crippen molar-refractivity contribution in [2.45, 2.75) is 47.1 Å². The Bertz CT molecular complexity index is 362. The van der Waals surface area contributed by atoms with Gasteiger partial charge in [-0.25, -0.2) is 0 Å². The molecule has 0 saturated heterocycles. The number of aliphatic hydroxyl groups is 1. The van der Waals surface area contributed by atoms with Crippen LogP contribution in [0.25, 0.3) is 0 Å². The van der Waals surface area contributed by atoms with Gasteiger partial charge >= 0.3 is 0 Å². The predicted octanol–water partition coefficient (Wildman–Crippen LogP) is 2.76. The Morgan fingerprint density at radius 1 is 1.11 bits per heavy atom. The van der Waals surface area contributed by atoms with Gasteiger partial charge in [0.1, 0.15) is 0 Å². The third-order valence-electron chi connectivity index (χ3n) is 3.62. The van der Waals surface area contributed by atoms with Gasteiger partial charge in [-0.1, -0.05) is 31.5 Å². The highest BCUT2D eigenvalue weighted by atomic mass is 16.3. The SMILES string of the molecule is Cc1cc(C)c(CCNC(CO)C(C)C)c(C)c1. The molecule has 2 N–H and O–H groups in total. The first kappa shape index (κ1) is 15.2. The lowest BCUT2D eigenvalue weighted by Crippen LogP contribution is -2.38. The van der Waals surface area contributed by atoms with E-state index in [4.69, 9.17) is 0 Å². The summed E-state index contributed by atoms with van der Waals surface area (Å²) in [6, 6.07) is 4.69. The summed E-state index contributed by atoms with van der Waals surface area (Å²) in [6.07, 6.45) is 1.03. The van der Waals surface area contributed by atoms with Crippen LogP contribution in [-0.2, 0) is 6.42 Å². The van der Waals surface area contributed by atoms with Crippen LogP contribution in [0.5, 0.6) is 0 Å². The largest absolute Gasteiger partial charge is 0.395 e. The van der Waals surface area contributed by atoms with Gasteiger partial charge in [0.25, 0.3) is 0 Å². The third-order valence-corrected chi connectivity index (χ3v) is 3.62. The fraction of sp³-hybridized carbons (Fsp3) is 0.625. The molecule has 0 aromatic heterocycles. The highest BCUT2D eigenvalue weighted by Gasteiger charge is 2.11. The standard InChI is InChI=1S/C16H27NO/c1-11(2)16(10-18)17-7-6-15-13(4)8-12(3)9-14(15)5/h8-9,11,16-18H,6-7,10H2,1-5H3. The number of hydrogen-bond donors (Lipinski definition) is 2. The van der Waals surface area contributed by atoms with Crippen molar-refractivity contribution in [1.82, 2.24) is 5.32 Å². The van der Waals surface area contributed by atoms with Crippen LogP contribution in [0.15, 0.2) is 12.1 Å². The monoisotopic (exact) mass is 249 g/mol. The normalized spacial score (nSPS) is 13.1. The number of rotatable bonds is 6. The second-order valence-electron chi connectivity index (χ2n) is 5.61. The summed E-state index contributed by atoms with van der Waals surface area (Å²) in [7, 11) is 0. The van der Waals surface area contributed by atoms with E-state index in [0.29, 0.717) is 5.92 Å². The summed E-state index contributed by atoms with van der Waals surface area (Å²) in [5.74, 6) is 0.468. The van der Waals surface area contributed by atoms with Crippen molar-refractivity contribution in [2.24, 2.45) is 5.92 Å². The highest BCUT2D eigenvalue weighted by Crippen LogP contribution is 2.16. The smallest absolute Gasteiger partial charge is 0.0587 e. The molecule has 0 saturated carbocycles. The number of aliphatic hydroxyl groups excluding tert-OH is 1. The summed E-state index contributed by atoms with van der Waals surface area (Å²) < 4.78 is 0. The number of hydrogen-bond acceptors (Lipinski definition) is 2. The van der Waals surface area contributed by atoms with E-state index in [-0.39, 0.29) is 12.6 Å². The molecule has 1 aromatic carbocycles. The lowest BCUT2D eigenvalue weighted by molar-refractivity contribution is 0.212. The van der Waals surface area contributed by atoms with Gasteiger partial charge in [-0.05, 0) is 56.3 Å². The summed E-state index contributed by atoms with van der Waals surface area (Å²) >= 11 is 0. The molecule has 1 atom stereocenters. The molecule has 0 aliphatic rings. The number of aryl methyl sites for hydroxylation is 3. The van der Waals surface area contributed by atoms with Crippen molar-refractivity contribution in [1.29, 1.82) is 0 Å². The quantitative estimate of drug-likeness (QED) is 0.812. The first-order valence-electron chi connectivity index (χ1n) is 6.86. The molecule has 1 unspecified atom stereocenters. The van der Waals surface area contributed by atoms with E-state index < -0.39 is 0 Å². The topological polar surface area (TPSA) is 32.3 Å². The third kappa shape index (κ3) is 4.11. The zero-order chi connectivity index (χ0) is 13.7. The minimum Gasteiger partial charge on any atom is -0.395 e. The molecule has 1 rings (SSSR count). The van der Waals surface area contributed by atoms with Crippen LogP contribution < -0.4 is 5.32 Å². The average Bonchev–Trinajstić information content (AvgIpc) is 2.26. The molecule has 2 nitrogen and oxygen atoms in total.